The smallest absolute Gasteiger partial charge is 0.301 e. The number of anilines is 1. The molecule has 1 aromatic carbocycles. The summed E-state index contributed by atoms with van der Waals surface area (Å²) in [5, 5.41) is 11.8. The summed E-state index contributed by atoms with van der Waals surface area (Å²) in [5.74, 6) is -0.120. The number of amidine groups is 1. The first-order valence-corrected chi connectivity index (χ1v) is 8.31. The molecule has 2 rings (SSSR count). The highest BCUT2D eigenvalue weighted by molar-refractivity contribution is 7.90. The minimum atomic E-state index is -3.65. The Hall–Kier alpha value is -1.51. The molecule has 1 aliphatic rings. The first-order chi connectivity index (χ1) is 9.94. The monoisotopic (exact) mass is 332 g/mol. The van der Waals surface area contributed by atoms with E-state index in [-0.39, 0.29) is 16.5 Å². The number of nitrogens with one attached hydrogen (secondary N) is 1. The lowest BCUT2D eigenvalue weighted by Gasteiger charge is -2.26. The van der Waals surface area contributed by atoms with E-state index in [1.165, 1.54) is 22.5 Å². The van der Waals surface area contributed by atoms with E-state index >= 15 is 0 Å². The Morgan fingerprint density at radius 1 is 1.33 bits per heavy atom. The lowest BCUT2D eigenvalue weighted by atomic mass is 10.2. The van der Waals surface area contributed by atoms with E-state index in [0.29, 0.717) is 18.7 Å². The Balaban J connectivity index is 2.25. The van der Waals surface area contributed by atoms with Crippen molar-refractivity contribution in [2.75, 3.05) is 17.8 Å². The molecule has 0 spiro atoms. The van der Waals surface area contributed by atoms with Crippen LogP contribution in [0.5, 0.6) is 0 Å². The quantitative estimate of drug-likeness (QED) is 0.336. The maximum Gasteiger partial charge on any atom is 0.301 e. The molecule has 0 aromatic heterocycles. The molecule has 1 aliphatic heterocycles. The van der Waals surface area contributed by atoms with E-state index in [1.54, 1.807) is 0 Å². The molecule has 21 heavy (non-hydrogen) atoms. The molecule has 9 heteroatoms. The summed E-state index contributed by atoms with van der Waals surface area (Å²) in [7, 11) is -3.65. The molecule has 116 valence electrons. The zero-order valence-electron chi connectivity index (χ0n) is 11.3. The van der Waals surface area contributed by atoms with Gasteiger partial charge in [0.15, 0.2) is 5.84 Å². The van der Waals surface area contributed by atoms with Crippen LogP contribution in [0, 0.1) is 0 Å². The summed E-state index contributed by atoms with van der Waals surface area (Å²) in [6.45, 7) is 0.986. The summed E-state index contributed by atoms with van der Waals surface area (Å²) >= 11 is 6.00. The maximum absolute atomic E-state index is 12.3. The van der Waals surface area contributed by atoms with Gasteiger partial charge in [-0.3, -0.25) is 4.72 Å². The predicted octanol–water partition coefficient (Wildman–Crippen LogP) is 1.58. The number of halogens is 1. The highest BCUT2D eigenvalue weighted by Crippen LogP contribution is 2.25. The molecule has 7 nitrogen and oxygen atoms in total. The van der Waals surface area contributed by atoms with Crippen LogP contribution in [0.1, 0.15) is 24.8 Å². The minimum absolute atomic E-state index is 0.120. The molecule has 4 N–H and O–H groups in total. The van der Waals surface area contributed by atoms with Gasteiger partial charge in [0.1, 0.15) is 0 Å². The SMILES string of the molecule is N/C(=N/O)c1ccc(Cl)c(NS(=O)(=O)N2CCCCC2)c1. The molecule has 0 unspecified atom stereocenters. The summed E-state index contributed by atoms with van der Waals surface area (Å²) in [5.41, 5.74) is 6.06. The predicted molar refractivity (Wildman–Crippen MR) is 81.9 cm³/mol. The van der Waals surface area contributed by atoms with Gasteiger partial charge >= 0.3 is 10.2 Å². The van der Waals surface area contributed by atoms with Gasteiger partial charge in [0, 0.05) is 18.7 Å². The van der Waals surface area contributed by atoms with Crippen LogP contribution in [0.25, 0.3) is 0 Å². The van der Waals surface area contributed by atoms with Crippen LogP contribution in [0.3, 0.4) is 0 Å². The third kappa shape index (κ3) is 3.78. The summed E-state index contributed by atoms with van der Waals surface area (Å²) in [4.78, 5) is 0. The van der Waals surface area contributed by atoms with Gasteiger partial charge in [-0.05, 0) is 31.0 Å². The summed E-state index contributed by atoms with van der Waals surface area (Å²) in [6, 6.07) is 4.46. The highest BCUT2D eigenvalue weighted by atomic mass is 35.5. The fourth-order valence-electron chi connectivity index (χ4n) is 2.13. The molecule has 0 aliphatic carbocycles. The van der Waals surface area contributed by atoms with E-state index in [4.69, 9.17) is 22.5 Å². The first kappa shape index (κ1) is 15.9. The normalized spacial score (nSPS) is 17.7. The average molecular weight is 333 g/mol. The molecule has 0 amide bonds. The highest BCUT2D eigenvalue weighted by Gasteiger charge is 2.24. The van der Waals surface area contributed by atoms with Gasteiger partial charge in [-0.2, -0.15) is 12.7 Å². The van der Waals surface area contributed by atoms with Gasteiger partial charge in [-0.25, -0.2) is 0 Å². The molecule has 1 aromatic rings. The van der Waals surface area contributed by atoms with Crippen molar-refractivity contribution in [3.8, 4) is 0 Å². The maximum atomic E-state index is 12.3. The number of nitrogens with zero attached hydrogens (tertiary/aromatic N) is 2. The number of piperidine rings is 1. The summed E-state index contributed by atoms with van der Waals surface area (Å²) < 4.78 is 28.4. The van der Waals surface area contributed by atoms with Gasteiger partial charge in [0.25, 0.3) is 0 Å². The third-order valence-corrected chi connectivity index (χ3v) is 5.12. The van der Waals surface area contributed by atoms with Crippen molar-refractivity contribution in [2.24, 2.45) is 10.9 Å². The Morgan fingerprint density at radius 2 is 2.00 bits per heavy atom. The van der Waals surface area contributed by atoms with E-state index in [0.717, 1.165) is 19.3 Å². The van der Waals surface area contributed by atoms with Crippen molar-refractivity contribution >= 4 is 33.3 Å². The second-order valence-corrected chi connectivity index (χ2v) is 6.82. The Morgan fingerprint density at radius 3 is 2.62 bits per heavy atom. The molecular weight excluding hydrogens is 316 g/mol. The summed E-state index contributed by atoms with van der Waals surface area (Å²) in [6.07, 6.45) is 2.73. The van der Waals surface area contributed by atoms with Gasteiger partial charge in [-0.15, -0.1) is 0 Å². The van der Waals surface area contributed by atoms with Crippen molar-refractivity contribution in [2.45, 2.75) is 19.3 Å². The first-order valence-electron chi connectivity index (χ1n) is 6.49. The van der Waals surface area contributed by atoms with Gasteiger partial charge in [-0.1, -0.05) is 23.2 Å². The number of oxime groups is 1. The molecule has 0 saturated carbocycles. The van der Waals surface area contributed by atoms with E-state index in [1.807, 2.05) is 0 Å². The Kier molecular flexibility index (Phi) is 4.92. The van der Waals surface area contributed by atoms with Gasteiger partial charge in [0.05, 0.1) is 10.7 Å². The lowest BCUT2D eigenvalue weighted by Crippen LogP contribution is -2.39. The minimum Gasteiger partial charge on any atom is -0.409 e. The number of benzene rings is 1. The third-order valence-electron chi connectivity index (χ3n) is 3.26. The second-order valence-electron chi connectivity index (χ2n) is 4.75. The molecule has 0 radical (unpaired) electrons. The standard InChI is InChI=1S/C12H17ClN4O3S/c13-10-5-4-9(12(14)15-18)8-11(10)16-21(19,20)17-6-2-1-3-7-17/h4-5,8,16,18H,1-3,6-7H2,(H2,14,15). The molecule has 0 atom stereocenters. The second kappa shape index (κ2) is 6.50. The zero-order valence-corrected chi connectivity index (χ0v) is 12.9. The van der Waals surface area contributed by atoms with Crippen LogP contribution < -0.4 is 10.5 Å². The molecule has 1 heterocycles. The fourth-order valence-corrected chi connectivity index (χ4v) is 3.66. The molecular formula is C12H17ClN4O3S. The van der Waals surface area contributed by atoms with Crippen molar-refractivity contribution in [1.29, 1.82) is 0 Å². The number of rotatable bonds is 4. The topological polar surface area (TPSA) is 108 Å². The zero-order chi connectivity index (χ0) is 15.5. The van der Waals surface area contributed by atoms with Crippen LogP contribution in [-0.2, 0) is 10.2 Å². The van der Waals surface area contributed by atoms with Crippen LogP contribution in [-0.4, -0.2) is 36.9 Å². The van der Waals surface area contributed by atoms with Crippen LogP contribution in [0.15, 0.2) is 23.4 Å². The van der Waals surface area contributed by atoms with Crippen molar-refractivity contribution in [1.82, 2.24) is 4.31 Å². The van der Waals surface area contributed by atoms with Crippen molar-refractivity contribution < 1.29 is 13.6 Å². The van der Waals surface area contributed by atoms with Gasteiger partial charge < -0.3 is 10.9 Å². The lowest BCUT2D eigenvalue weighted by molar-refractivity contribution is 0.318. The van der Waals surface area contributed by atoms with E-state index < -0.39 is 10.2 Å². The van der Waals surface area contributed by atoms with Crippen LogP contribution in [0.2, 0.25) is 5.02 Å². The average Bonchev–Trinajstić information content (AvgIpc) is 2.49. The van der Waals surface area contributed by atoms with Crippen LogP contribution in [0.4, 0.5) is 5.69 Å². The number of nitrogens with two attached hydrogens (primary N) is 1. The molecule has 1 saturated heterocycles. The van der Waals surface area contributed by atoms with Gasteiger partial charge in [0.2, 0.25) is 0 Å². The molecule has 1 fully saturated rings. The van der Waals surface area contributed by atoms with Crippen molar-refractivity contribution in [3.05, 3.63) is 28.8 Å². The van der Waals surface area contributed by atoms with Crippen molar-refractivity contribution in [3.63, 3.8) is 0 Å². The Labute approximate surface area is 128 Å². The number of hydrogen-bond donors (Lipinski definition) is 3. The van der Waals surface area contributed by atoms with E-state index in [9.17, 15) is 8.42 Å². The molecule has 0 bridgehead atoms. The van der Waals surface area contributed by atoms with Crippen LogP contribution >= 0.6 is 11.6 Å². The fraction of sp³-hybridized carbons (Fsp3) is 0.417. The Bertz CT molecular complexity index is 642. The largest absolute Gasteiger partial charge is 0.409 e. The van der Waals surface area contributed by atoms with E-state index in [2.05, 4.69) is 9.88 Å². The number of hydrogen-bond acceptors (Lipinski definition) is 4.